The largest absolute Gasteiger partial charge is 0.303 e. The maximum atomic E-state index is 2.64. The summed E-state index contributed by atoms with van der Waals surface area (Å²) in [5.41, 5.74) is 0. The van der Waals surface area contributed by atoms with Crippen molar-refractivity contribution in [1.82, 2.24) is 4.90 Å². The molecule has 0 radical (unpaired) electrons. The zero-order valence-corrected chi connectivity index (χ0v) is 18.9. The third-order valence-corrected chi connectivity index (χ3v) is 4.12. The van der Waals surface area contributed by atoms with E-state index < -0.39 is 0 Å². The van der Waals surface area contributed by atoms with Crippen molar-refractivity contribution in [3.05, 3.63) is 0 Å². The van der Waals surface area contributed by atoms with Crippen molar-refractivity contribution in [2.45, 2.75) is 126 Å². The lowest BCUT2D eigenvalue weighted by Gasteiger charge is -2.21. The molecule has 0 aromatic carbocycles. The summed E-state index contributed by atoms with van der Waals surface area (Å²) in [6, 6.07) is 0. The molecule has 0 aromatic rings. The minimum Gasteiger partial charge on any atom is -0.303 e. The summed E-state index contributed by atoms with van der Waals surface area (Å²) >= 11 is 0. The first kappa shape index (κ1) is 28.8. The van der Waals surface area contributed by atoms with Gasteiger partial charge in [0, 0.05) is 0 Å². The van der Waals surface area contributed by atoms with E-state index in [-0.39, 0.29) is 0 Å². The average Bonchev–Trinajstić information content (AvgIpc) is 2.60. The highest BCUT2D eigenvalue weighted by Gasteiger charge is 2.01. The normalized spacial score (nSPS) is 10.2. The molecule has 0 saturated heterocycles. The summed E-state index contributed by atoms with van der Waals surface area (Å²) in [4.78, 5) is 2.64. The standard InChI is InChI=1S/C12H27N.C9H20.C2H6/c1-4-7-10-13(11-8-5-2)12-9-6-3;1-4-5-6-7-8-9(2)3;1-2/h4-12H2,1-3H3;9H,4-8H2,1-3H3;1-2H3. The molecule has 1 heteroatoms. The SMILES string of the molecule is CC.CCCCCCC(C)C.CCCCN(CCCC)CCCC. The molecule has 0 saturated carbocycles. The predicted octanol–water partition coefficient (Wildman–Crippen LogP) is 8.33. The Bertz CT molecular complexity index is 158. The van der Waals surface area contributed by atoms with E-state index in [9.17, 15) is 0 Å². The molecule has 0 aliphatic heterocycles. The summed E-state index contributed by atoms with van der Waals surface area (Å²) in [5, 5.41) is 0. The van der Waals surface area contributed by atoms with Crippen LogP contribution in [0.5, 0.6) is 0 Å². The van der Waals surface area contributed by atoms with Gasteiger partial charge in [-0.3, -0.25) is 0 Å². The van der Waals surface area contributed by atoms with Crippen LogP contribution in [0.25, 0.3) is 0 Å². The van der Waals surface area contributed by atoms with Crippen molar-refractivity contribution in [3.8, 4) is 0 Å². The smallest absolute Gasteiger partial charge is 0.00188 e. The van der Waals surface area contributed by atoms with Crippen LogP contribution in [-0.2, 0) is 0 Å². The Kier molecular flexibility index (Phi) is 33.3. The number of hydrogen-bond donors (Lipinski definition) is 0. The van der Waals surface area contributed by atoms with Gasteiger partial charge < -0.3 is 4.90 Å². The van der Waals surface area contributed by atoms with E-state index in [1.54, 1.807) is 0 Å². The lowest BCUT2D eigenvalue weighted by atomic mass is 10.1. The van der Waals surface area contributed by atoms with E-state index in [0.29, 0.717) is 0 Å². The Hall–Kier alpha value is -0.0400. The van der Waals surface area contributed by atoms with Gasteiger partial charge in [-0.15, -0.1) is 0 Å². The van der Waals surface area contributed by atoms with Crippen molar-refractivity contribution in [3.63, 3.8) is 0 Å². The zero-order chi connectivity index (χ0) is 19.1. The molecular weight excluding hydrogens is 290 g/mol. The van der Waals surface area contributed by atoms with Crippen LogP contribution >= 0.6 is 0 Å². The van der Waals surface area contributed by atoms with E-state index in [0.717, 1.165) is 5.92 Å². The average molecular weight is 344 g/mol. The second-order valence-corrected chi connectivity index (χ2v) is 7.15. The first-order valence-corrected chi connectivity index (χ1v) is 11.3. The van der Waals surface area contributed by atoms with Gasteiger partial charge >= 0.3 is 0 Å². The molecular formula is C23H53N. The van der Waals surface area contributed by atoms with Gasteiger partial charge in [0.25, 0.3) is 0 Å². The minimum absolute atomic E-state index is 0.904. The zero-order valence-electron chi connectivity index (χ0n) is 18.9. The van der Waals surface area contributed by atoms with Crippen LogP contribution in [0, 0.1) is 5.92 Å². The maximum Gasteiger partial charge on any atom is -0.00188 e. The molecule has 0 aromatic heterocycles. The molecule has 0 aliphatic carbocycles. The lowest BCUT2D eigenvalue weighted by Crippen LogP contribution is -2.27. The van der Waals surface area contributed by atoms with E-state index >= 15 is 0 Å². The Morgan fingerprint density at radius 1 is 0.542 bits per heavy atom. The van der Waals surface area contributed by atoms with Crippen molar-refractivity contribution < 1.29 is 0 Å². The Morgan fingerprint density at radius 3 is 1.21 bits per heavy atom. The van der Waals surface area contributed by atoms with Crippen LogP contribution in [0.1, 0.15) is 126 Å². The Morgan fingerprint density at radius 2 is 0.917 bits per heavy atom. The van der Waals surface area contributed by atoms with Gasteiger partial charge in [0.2, 0.25) is 0 Å². The lowest BCUT2D eigenvalue weighted by molar-refractivity contribution is 0.261. The van der Waals surface area contributed by atoms with Crippen LogP contribution in [0.15, 0.2) is 0 Å². The monoisotopic (exact) mass is 343 g/mol. The van der Waals surface area contributed by atoms with E-state index in [2.05, 4.69) is 46.4 Å². The summed E-state index contributed by atoms with van der Waals surface area (Å²) in [7, 11) is 0. The van der Waals surface area contributed by atoms with E-state index in [4.69, 9.17) is 0 Å². The summed E-state index contributed by atoms with van der Waals surface area (Å²) in [6.45, 7) is 21.6. The van der Waals surface area contributed by atoms with Gasteiger partial charge in [-0.25, -0.2) is 0 Å². The van der Waals surface area contributed by atoms with Crippen LogP contribution in [0.3, 0.4) is 0 Å². The molecule has 24 heavy (non-hydrogen) atoms. The van der Waals surface area contributed by atoms with Gasteiger partial charge in [-0.1, -0.05) is 107 Å². The highest BCUT2D eigenvalue weighted by Crippen LogP contribution is 2.08. The molecule has 0 unspecified atom stereocenters. The molecule has 0 aliphatic rings. The molecule has 150 valence electrons. The fourth-order valence-electron chi connectivity index (χ4n) is 2.46. The Labute approximate surface area is 157 Å². The topological polar surface area (TPSA) is 3.24 Å². The molecule has 0 atom stereocenters. The van der Waals surface area contributed by atoms with E-state index in [1.807, 2.05) is 13.8 Å². The highest BCUT2D eigenvalue weighted by atomic mass is 15.1. The molecule has 0 amide bonds. The molecule has 0 heterocycles. The minimum atomic E-state index is 0.904. The third-order valence-electron chi connectivity index (χ3n) is 4.12. The number of hydrogen-bond acceptors (Lipinski definition) is 1. The van der Waals surface area contributed by atoms with Crippen LogP contribution in [0.4, 0.5) is 0 Å². The van der Waals surface area contributed by atoms with Gasteiger partial charge in [-0.05, 0) is 44.8 Å². The first-order valence-electron chi connectivity index (χ1n) is 11.3. The van der Waals surface area contributed by atoms with Crippen LogP contribution in [-0.4, -0.2) is 24.5 Å². The van der Waals surface area contributed by atoms with Crippen molar-refractivity contribution in [2.24, 2.45) is 5.92 Å². The number of nitrogens with zero attached hydrogens (tertiary/aromatic N) is 1. The third kappa shape index (κ3) is 29.9. The molecule has 0 N–H and O–H groups in total. The fraction of sp³-hybridized carbons (Fsp3) is 1.00. The van der Waals surface area contributed by atoms with E-state index in [1.165, 1.54) is 90.3 Å². The first-order chi connectivity index (χ1) is 11.6. The molecule has 1 nitrogen and oxygen atoms in total. The van der Waals surface area contributed by atoms with Gasteiger partial charge in [0.1, 0.15) is 0 Å². The quantitative estimate of drug-likeness (QED) is 0.286. The van der Waals surface area contributed by atoms with Crippen molar-refractivity contribution >= 4 is 0 Å². The number of rotatable bonds is 14. The summed E-state index contributed by atoms with van der Waals surface area (Å²) < 4.78 is 0. The summed E-state index contributed by atoms with van der Waals surface area (Å²) in [5.74, 6) is 0.904. The second-order valence-electron chi connectivity index (χ2n) is 7.15. The van der Waals surface area contributed by atoms with Crippen LogP contribution < -0.4 is 0 Å². The molecule has 0 spiro atoms. The van der Waals surface area contributed by atoms with Gasteiger partial charge in [0.05, 0.1) is 0 Å². The molecule has 0 fully saturated rings. The fourth-order valence-corrected chi connectivity index (χ4v) is 2.46. The van der Waals surface area contributed by atoms with Gasteiger partial charge in [0.15, 0.2) is 0 Å². The maximum absolute atomic E-state index is 2.64. The summed E-state index contributed by atoms with van der Waals surface area (Å²) in [6.07, 6.45) is 15.2. The molecule has 0 rings (SSSR count). The van der Waals surface area contributed by atoms with Crippen molar-refractivity contribution in [2.75, 3.05) is 19.6 Å². The van der Waals surface area contributed by atoms with Crippen molar-refractivity contribution in [1.29, 1.82) is 0 Å². The highest BCUT2D eigenvalue weighted by molar-refractivity contribution is 4.57. The number of unbranched alkanes of at least 4 members (excludes halogenated alkanes) is 6. The second kappa shape index (κ2) is 27.8. The van der Waals surface area contributed by atoms with Gasteiger partial charge in [-0.2, -0.15) is 0 Å². The molecule has 0 bridgehead atoms. The Balaban J connectivity index is -0.000000351. The predicted molar refractivity (Wildman–Crippen MR) is 116 cm³/mol. The van der Waals surface area contributed by atoms with Crippen LogP contribution in [0.2, 0.25) is 0 Å².